The fraction of sp³-hybridized carbons (Fsp3) is 0.304. The Hall–Kier alpha value is -3.15. The van der Waals surface area contributed by atoms with Crippen molar-refractivity contribution >= 4 is 5.96 Å². The SMILES string of the molecule is CN=C(NCc1ncc(-c2ccc(C)cc2)o1)NCC1(c2ccccc2F)CC1. The number of aromatic nitrogens is 1. The first-order valence-electron chi connectivity index (χ1n) is 9.81. The third kappa shape index (κ3) is 4.31. The summed E-state index contributed by atoms with van der Waals surface area (Å²) in [4.78, 5) is 8.60. The molecule has 0 unspecified atom stereocenters. The lowest BCUT2D eigenvalue weighted by molar-refractivity contribution is 0.496. The Kier molecular flexibility index (Phi) is 5.34. The predicted octanol–water partition coefficient (Wildman–Crippen LogP) is 4.19. The molecule has 1 heterocycles. The zero-order valence-corrected chi connectivity index (χ0v) is 16.7. The maximum atomic E-state index is 14.2. The van der Waals surface area contributed by atoms with Gasteiger partial charge in [-0.05, 0) is 31.4 Å². The van der Waals surface area contributed by atoms with Gasteiger partial charge in [0.05, 0.1) is 12.7 Å². The second kappa shape index (κ2) is 8.07. The van der Waals surface area contributed by atoms with Crippen LogP contribution in [0.2, 0.25) is 0 Å². The number of nitrogens with zero attached hydrogens (tertiary/aromatic N) is 2. The van der Waals surface area contributed by atoms with E-state index in [1.807, 2.05) is 36.4 Å². The van der Waals surface area contributed by atoms with Crippen molar-refractivity contribution in [3.05, 3.63) is 77.6 Å². The van der Waals surface area contributed by atoms with Gasteiger partial charge in [-0.15, -0.1) is 0 Å². The molecule has 0 amide bonds. The number of benzene rings is 2. The molecule has 2 aromatic carbocycles. The molecule has 1 aliphatic carbocycles. The summed E-state index contributed by atoms with van der Waals surface area (Å²) in [5.41, 5.74) is 2.83. The van der Waals surface area contributed by atoms with E-state index in [9.17, 15) is 4.39 Å². The van der Waals surface area contributed by atoms with Gasteiger partial charge in [-0.3, -0.25) is 4.99 Å². The van der Waals surface area contributed by atoms with Crippen LogP contribution in [0.15, 0.2) is 64.1 Å². The predicted molar refractivity (Wildman–Crippen MR) is 112 cm³/mol. The lowest BCUT2D eigenvalue weighted by Gasteiger charge is -2.19. The molecule has 150 valence electrons. The maximum Gasteiger partial charge on any atom is 0.214 e. The van der Waals surface area contributed by atoms with E-state index in [2.05, 4.69) is 27.5 Å². The van der Waals surface area contributed by atoms with Crippen molar-refractivity contribution in [2.75, 3.05) is 13.6 Å². The van der Waals surface area contributed by atoms with E-state index < -0.39 is 0 Å². The fourth-order valence-corrected chi connectivity index (χ4v) is 3.46. The van der Waals surface area contributed by atoms with Crippen LogP contribution in [0.4, 0.5) is 4.39 Å². The highest BCUT2D eigenvalue weighted by Gasteiger charge is 2.45. The second-order valence-corrected chi connectivity index (χ2v) is 7.52. The molecule has 1 aliphatic rings. The van der Waals surface area contributed by atoms with Crippen LogP contribution in [-0.2, 0) is 12.0 Å². The van der Waals surface area contributed by atoms with Crippen molar-refractivity contribution in [1.29, 1.82) is 0 Å². The van der Waals surface area contributed by atoms with Crippen LogP contribution in [-0.4, -0.2) is 24.5 Å². The molecule has 1 fully saturated rings. The van der Waals surface area contributed by atoms with Gasteiger partial charge >= 0.3 is 0 Å². The summed E-state index contributed by atoms with van der Waals surface area (Å²) in [5, 5.41) is 6.53. The third-order valence-corrected chi connectivity index (χ3v) is 5.41. The maximum absolute atomic E-state index is 14.2. The zero-order chi connectivity index (χ0) is 20.3. The van der Waals surface area contributed by atoms with Crippen molar-refractivity contribution in [1.82, 2.24) is 15.6 Å². The molecular weight excluding hydrogens is 367 g/mol. The monoisotopic (exact) mass is 392 g/mol. The third-order valence-electron chi connectivity index (χ3n) is 5.41. The number of oxazole rings is 1. The first-order chi connectivity index (χ1) is 14.1. The Labute approximate surface area is 170 Å². The highest BCUT2D eigenvalue weighted by molar-refractivity contribution is 5.79. The van der Waals surface area contributed by atoms with Gasteiger partial charge in [-0.25, -0.2) is 9.37 Å². The van der Waals surface area contributed by atoms with E-state index >= 15 is 0 Å². The Morgan fingerprint density at radius 3 is 2.59 bits per heavy atom. The number of guanidine groups is 1. The van der Waals surface area contributed by atoms with Crippen LogP contribution < -0.4 is 10.6 Å². The van der Waals surface area contributed by atoms with Gasteiger partial charge < -0.3 is 15.1 Å². The molecular formula is C23H25FN4O. The summed E-state index contributed by atoms with van der Waals surface area (Å²) >= 11 is 0. The molecule has 5 nitrogen and oxygen atoms in total. The Morgan fingerprint density at radius 1 is 1.14 bits per heavy atom. The molecule has 1 saturated carbocycles. The van der Waals surface area contributed by atoms with Crippen LogP contribution in [0, 0.1) is 12.7 Å². The molecule has 6 heteroatoms. The molecule has 0 atom stereocenters. The van der Waals surface area contributed by atoms with E-state index in [1.54, 1.807) is 19.3 Å². The van der Waals surface area contributed by atoms with Crippen molar-refractivity contribution in [3.8, 4) is 11.3 Å². The smallest absolute Gasteiger partial charge is 0.214 e. The lowest BCUT2D eigenvalue weighted by atomic mass is 9.95. The molecule has 0 spiro atoms. The van der Waals surface area contributed by atoms with Crippen LogP contribution in [0.25, 0.3) is 11.3 Å². The number of hydrogen-bond acceptors (Lipinski definition) is 3. The Bertz CT molecular complexity index is 1010. The number of nitrogens with one attached hydrogen (secondary N) is 2. The van der Waals surface area contributed by atoms with E-state index in [4.69, 9.17) is 4.42 Å². The first-order valence-corrected chi connectivity index (χ1v) is 9.81. The summed E-state index contributed by atoms with van der Waals surface area (Å²) in [6.45, 7) is 3.10. The normalized spacial score (nSPS) is 15.2. The van der Waals surface area contributed by atoms with Gasteiger partial charge in [-0.1, -0.05) is 48.0 Å². The molecule has 4 rings (SSSR count). The van der Waals surface area contributed by atoms with Gasteiger partial charge in [0.1, 0.15) is 5.82 Å². The van der Waals surface area contributed by atoms with Crippen molar-refractivity contribution in [3.63, 3.8) is 0 Å². The quantitative estimate of drug-likeness (QED) is 0.488. The fourth-order valence-electron chi connectivity index (χ4n) is 3.46. The molecule has 0 bridgehead atoms. The molecule has 29 heavy (non-hydrogen) atoms. The van der Waals surface area contributed by atoms with Crippen LogP contribution >= 0.6 is 0 Å². The Balaban J connectivity index is 1.34. The molecule has 1 aromatic heterocycles. The summed E-state index contributed by atoms with van der Waals surface area (Å²) in [7, 11) is 1.71. The van der Waals surface area contributed by atoms with Gasteiger partial charge in [0.2, 0.25) is 5.89 Å². The Morgan fingerprint density at radius 2 is 1.90 bits per heavy atom. The van der Waals surface area contributed by atoms with E-state index in [0.29, 0.717) is 24.9 Å². The molecule has 2 N–H and O–H groups in total. The molecule has 0 saturated heterocycles. The van der Waals surface area contributed by atoms with E-state index in [1.165, 1.54) is 11.6 Å². The zero-order valence-electron chi connectivity index (χ0n) is 16.7. The van der Waals surface area contributed by atoms with Gasteiger partial charge in [-0.2, -0.15) is 0 Å². The first kappa shape index (κ1) is 19.2. The number of hydrogen-bond donors (Lipinski definition) is 2. The minimum Gasteiger partial charge on any atom is -0.439 e. The van der Waals surface area contributed by atoms with Gasteiger partial charge in [0.25, 0.3) is 0 Å². The van der Waals surface area contributed by atoms with Crippen LogP contribution in [0.1, 0.15) is 29.9 Å². The minimum absolute atomic E-state index is 0.141. The standard InChI is InChI=1S/C23H25FN4O/c1-16-7-9-17(10-8-16)20-13-26-21(29-20)14-27-22(25-2)28-15-23(11-12-23)18-5-3-4-6-19(18)24/h3-10,13H,11-12,14-15H2,1-2H3,(H2,25,27,28). The van der Waals surface area contributed by atoms with Crippen LogP contribution in [0.5, 0.6) is 0 Å². The molecule has 0 radical (unpaired) electrons. The number of aryl methyl sites for hydroxylation is 1. The summed E-state index contributed by atoms with van der Waals surface area (Å²) in [6.07, 6.45) is 3.67. The summed E-state index contributed by atoms with van der Waals surface area (Å²) in [6, 6.07) is 15.1. The van der Waals surface area contributed by atoms with E-state index in [0.717, 1.165) is 29.7 Å². The largest absolute Gasteiger partial charge is 0.439 e. The van der Waals surface area contributed by atoms with E-state index in [-0.39, 0.29) is 11.2 Å². The highest BCUT2D eigenvalue weighted by atomic mass is 19.1. The topological polar surface area (TPSA) is 62.5 Å². The molecule has 3 aromatic rings. The van der Waals surface area contributed by atoms with Crippen molar-refractivity contribution in [2.45, 2.75) is 31.7 Å². The van der Waals surface area contributed by atoms with Gasteiger partial charge in [0.15, 0.2) is 11.7 Å². The van der Waals surface area contributed by atoms with Gasteiger partial charge in [0, 0.05) is 24.6 Å². The summed E-state index contributed by atoms with van der Waals surface area (Å²) in [5.74, 6) is 1.82. The molecule has 0 aliphatic heterocycles. The van der Waals surface area contributed by atoms with Crippen molar-refractivity contribution < 1.29 is 8.81 Å². The number of halogens is 1. The average molecular weight is 392 g/mol. The number of rotatable bonds is 6. The second-order valence-electron chi connectivity index (χ2n) is 7.52. The average Bonchev–Trinajstić information content (AvgIpc) is 3.37. The number of aliphatic imine (C=N–C) groups is 1. The van der Waals surface area contributed by atoms with Crippen molar-refractivity contribution in [2.24, 2.45) is 4.99 Å². The summed E-state index contributed by atoms with van der Waals surface area (Å²) < 4.78 is 20.0. The minimum atomic E-state index is -0.148. The van der Waals surface area contributed by atoms with Crippen LogP contribution in [0.3, 0.4) is 0 Å². The highest BCUT2D eigenvalue weighted by Crippen LogP contribution is 2.48. The lowest BCUT2D eigenvalue weighted by Crippen LogP contribution is -2.41.